The Labute approximate surface area is 367 Å². The molecule has 0 aliphatic heterocycles. The number of nitrogens with zero attached hydrogens (tertiary/aromatic N) is 2. The summed E-state index contributed by atoms with van der Waals surface area (Å²) in [6.07, 6.45) is 4.50. The van der Waals surface area contributed by atoms with E-state index in [1.165, 1.54) is 22.5 Å². The number of hydrogen-bond acceptors (Lipinski definition) is 0. The summed E-state index contributed by atoms with van der Waals surface area (Å²) in [7, 11) is 36.4. The van der Waals surface area contributed by atoms with Crippen molar-refractivity contribution in [3.8, 4) is 22.3 Å². The van der Waals surface area contributed by atoms with Crippen LogP contribution >= 0.6 is 34.1 Å². The van der Waals surface area contributed by atoms with Crippen molar-refractivity contribution in [3.05, 3.63) is 190 Å². The predicted molar refractivity (Wildman–Crippen MR) is 266 cm³/mol. The standard InChI is InChI=1S/2C25H25N.C2H7Si.4ClH.Zr/c2*1-19-16-22-10-7-11-24(25(22)17-19)21-12-14-23(15-13-21)26(2,3)18-20-8-5-4-6-9-20;1-3-2;;;;;/h2*4-17H,18H2,1-3H3;3H,1-2H3;4*1H;/q2*+1;;;;;;+4/p-4. The number of benzene rings is 6. The fraction of sp³-hybridized carbons (Fsp3) is 0.231. The summed E-state index contributed by atoms with van der Waals surface area (Å²) in [5.41, 5.74) is 15.9. The van der Waals surface area contributed by atoms with Crippen molar-refractivity contribution >= 4 is 63.5 Å². The molecule has 0 spiro atoms. The zero-order chi connectivity index (χ0) is 43.0. The molecule has 0 saturated heterocycles. The number of halogens is 4. The quantitative estimate of drug-likeness (QED) is 0.0897. The van der Waals surface area contributed by atoms with E-state index in [9.17, 15) is 0 Å². The molecular formula is C52H57Cl4N2SiZr+2. The molecule has 0 heterocycles. The van der Waals surface area contributed by atoms with E-state index < -0.39 is 23.4 Å². The van der Waals surface area contributed by atoms with Gasteiger partial charge in [0, 0.05) is 0 Å². The van der Waals surface area contributed by atoms with Gasteiger partial charge in [-0.25, -0.2) is 0 Å². The molecule has 6 aromatic rings. The summed E-state index contributed by atoms with van der Waals surface area (Å²) >= 11 is 0. The Morgan fingerprint density at radius 3 is 1.15 bits per heavy atom. The van der Waals surface area contributed by atoms with Crippen LogP contribution in [-0.2, 0) is 23.3 Å². The van der Waals surface area contributed by atoms with Crippen molar-refractivity contribution in [1.29, 1.82) is 0 Å². The molecule has 309 valence electrons. The number of hydrogen-bond donors (Lipinski definition) is 0. The first-order valence-electron chi connectivity index (χ1n) is 21.1. The van der Waals surface area contributed by atoms with Crippen LogP contribution in [0.2, 0.25) is 13.1 Å². The molecule has 0 N–H and O–H groups in total. The van der Waals surface area contributed by atoms with E-state index in [1.807, 2.05) is 0 Å². The van der Waals surface area contributed by atoms with Gasteiger partial charge in [0.2, 0.25) is 0 Å². The van der Waals surface area contributed by atoms with Gasteiger partial charge in [0.15, 0.2) is 0 Å². The predicted octanol–water partition coefficient (Wildman–Crippen LogP) is 15.5. The molecule has 2 unspecified atom stereocenters. The normalized spacial score (nSPS) is 18.4. The Morgan fingerprint density at radius 1 is 0.467 bits per heavy atom. The van der Waals surface area contributed by atoms with Gasteiger partial charge in [-0.05, 0) is 0 Å². The third kappa shape index (κ3) is 7.03. The van der Waals surface area contributed by atoms with Crippen molar-refractivity contribution in [2.75, 3.05) is 28.2 Å². The molecule has 0 bridgehead atoms. The van der Waals surface area contributed by atoms with Gasteiger partial charge >= 0.3 is 334 Å². The first kappa shape index (κ1) is 43.6. The van der Waals surface area contributed by atoms with Crippen LogP contribution in [0.5, 0.6) is 0 Å². The van der Waals surface area contributed by atoms with E-state index in [0.29, 0.717) is 0 Å². The second kappa shape index (κ2) is 14.2. The molecule has 0 fully saturated rings. The molecule has 2 nitrogen and oxygen atoms in total. The number of rotatable bonds is 11. The van der Waals surface area contributed by atoms with Crippen LogP contribution in [0.15, 0.2) is 157 Å². The second-order valence-electron chi connectivity index (χ2n) is 19.4. The van der Waals surface area contributed by atoms with Crippen molar-refractivity contribution in [2.24, 2.45) is 0 Å². The van der Waals surface area contributed by atoms with Gasteiger partial charge in [0.05, 0.1) is 0 Å². The van der Waals surface area contributed by atoms with Gasteiger partial charge < -0.3 is 0 Å². The first-order chi connectivity index (χ1) is 28.1. The minimum atomic E-state index is -7.14. The van der Waals surface area contributed by atoms with Gasteiger partial charge in [-0.1, -0.05) is 36.4 Å². The summed E-state index contributed by atoms with van der Waals surface area (Å²) in [6, 6.07) is 52.2. The average molecular weight is 971 g/mol. The molecule has 2 aliphatic carbocycles. The molecule has 2 atom stereocenters. The van der Waals surface area contributed by atoms with E-state index in [2.05, 4.69) is 213 Å². The number of fused-ring (bicyclic) bond motifs is 2. The fourth-order valence-corrected chi connectivity index (χ4v) is 53.5. The van der Waals surface area contributed by atoms with Gasteiger partial charge in [-0.2, -0.15) is 0 Å². The van der Waals surface area contributed by atoms with Crippen LogP contribution in [0.25, 0.3) is 34.4 Å². The molecule has 0 radical (unpaired) electrons. The summed E-state index contributed by atoms with van der Waals surface area (Å²) in [6.45, 7) is 10.4. The molecule has 0 aromatic heterocycles. The molecule has 8 rings (SSSR count). The minimum absolute atomic E-state index is 0.539. The summed E-state index contributed by atoms with van der Waals surface area (Å²) in [4.78, 5) is 0. The summed E-state index contributed by atoms with van der Waals surface area (Å²) in [5.74, 6) is -2.37. The number of quaternary nitrogens is 2. The molecule has 6 aromatic carbocycles. The van der Waals surface area contributed by atoms with E-state index >= 15 is 0 Å². The summed E-state index contributed by atoms with van der Waals surface area (Å²) in [5, 5.41) is 0. The molecule has 0 saturated carbocycles. The Balaban J connectivity index is 1.18. The van der Waals surface area contributed by atoms with Gasteiger partial charge in [-0.15, -0.1) is 0 Å². The molecule has 8 heteroatoms. The van der Waals surface area contributed by atoms with E-state index in [-0.39, 0.29) is 0 Å². The maximum absolute atomic E-state index is 8.63. The Bertz CT molecular complexity index is 2540. The molecule has 2 aliphatic rings. The van der Waals surface area contributed by atoms with Gasteiger partial charge in [0.1, 0.15) is 0 Å². The average Bonchev–Trinajstić information content (AvgIpc) is 3.76. The van der Waals surface area contributed by atoms with Crippen LogP contribution in [0.1, 0.15) is 54.5 Å². The summed E-state index contributed by atoms with van der Waals surface area (Å²) < 4.78 is 0.398. The molecule has 0 amide bonds. The van der Waals surface area contributed by atoms with Crippen molar-refractivity contribution in [2.45, 2.75) is 47.3 Å². The van der Waals surface area contributed by atoms with Crippen molar-refractivity contribution in [3.63, 3.8) is 0 Å². The van der Waals surface area contributed by atoms with E-state index in [4.69, 9.17) is 34.1 Å². The number of allylic oxidation sites excluding steroid dienone is 2. The maximum atomic E-state index is 8.63. The van der Waals surface area contributed by atoms with Gasteiger partial charge in [0.25, 0.3) is 0 Å². The van der Waals surface area contributed by atoms with Crippen LogP contribution in [-0.4, -0.2) is 34.1 Å². The fourth-order valence-electron chi connectivity index (χ4n) is 10.8. The third-order valence-electron chi connectivity index (χ3n) is 14.2. The second-order valence-corrected chi connectivity index (χ2v) is 99.3. The topological polar surface area (TPSA) is 0 Å². The molecule has 60 heavy (non-hydrogen) atoms. The monoisotopic (exact) mass is 967 g/mol. The van der Waals surface area contributed by atoms with Crippen LogP contribution in [0.4, 0.5) is 11.4 Å². The van der Waals surface area contributed by atoms with Crippen molar-refractivity contribution in [1.82, 2.24) is 8.97 Å². The van der Waals surface area contributed by atoms with E-state index in [0.717, 1.165) is 77.7 Å². The van der Waals surface area contributed by atoms with E-state index in [1.54, 1.807) is 0 Å². The Morgan fingerprint density at radius 2 is 0.817 bits per heavy atom. The van der Waals surface area contributed by atoms with Crippen LogP contribution < -0.4 is 8.97 Å². The van der Waals surface area contributed by atoms with Crippen LogP contribution in [0, 0.1) is 0 Å². The Hall–Kier alpha value is -3.02. The first-order valence-corrected chi connectivity index (χ1v) is 43.8. The SMILES string of the molecule is CC1=Cc2c(-c3ccc([N+](C)(C)Cc4ccccc4)cc3)cccc2[CH]1[Zr]([Cl])([Cl])([Cl])([Cl])([CH]1C(C)=Cc2c(-c3ccc([N+](C)(C)Cc4ccccc4)cc3)cccc21)[SiH](C)C. The zero-order valence-corrected chi connectivity index (χ0v) is 42.7. The van der Waals surface area contributed by atoms with Gasteiger partial charge in [-0.3, -0.25) is 0 Å². The van der Waals surface area contributed by atoms with Crippen molar-refractivity contribution < 1.29 is 10.2 Å². The van der Waals surface area contributed by atoms with Crippen LogP contribution in [0.3, 0.4) is 0 Å². The Kier molecular flexibility index (Phi) is 10.4. The molecular weight excluding hydrogens is 914 g/mol. The zero-order valence-electron chi connectivity index (χ0n) is 36.1. The third-order valence-corrected chi connectivity index (χ3v) is 96.6.